The quantitative estimate of drug-likeness (QED) is 0.547. The first-order chi connectivity index (χ1) is 11.6. The Morgan fingerprint density at radius 3 is 1.12 bits per heavy atom. The molecule has 0 saturated carbocycles. The third-order valence-corrected chi connectivity index (χ3v) is 4.26. The number of ether oxygens (including phenoxy) is 3. The molecular weight excluding hydrogens is 312 g/mol. The molecule has 0 bridgehead atoms. The minimum Gasteiger partial charge on any atom is -0.371 e. The van der Waals surface area contributed by atoms with Crippen molar-refractivity contribution in [3.8, 4) is 0 Å². The van der Waals surface area contributed by atoms with Gasteiger partial charge < -0.3 is 28.9 Å². The Morgan fingerprint density at radius 2 is 0.917 bits per heavy atom. The topological polar surface area (TPSA) is 86.0 Å². The summed E-state index contributed by atoms with van der Waals surface area (Å²) in [4.78, 5) is 20.0. The summed E-state index contributed by atoms with van der Waals surface area (Å²) in [6, 6.07) is 0. The standard InChI is InChI=1S/C15H24N6O3/c1-19(4-10-7-22-10)13-16-14(20(2)5-11-8-23-11)18-15(17-13)21(3)6-12-9-24-12/h10-12H,4-9H2,1-3H3. The van der Waals surface area contributed by atoms with Gasteiger partial charge in [0.1, 0.15) is 0 Å². The Bertz CT molecular complexity index is 497. The van der Waals surface area contributed by atoms with Crippen molar-refractivity contribution in [2.45, 2.75) is 18.3 Å². The molecule has 1 aromatic heterocycles. The van der Waals surface area contributed by atoms with E-state index in [9.17, 15) is 0 Å². The van der Waals surface area contributed by atoms with Crippen molar-refractivity contribution in [1.29, 1.82) is 0 Å². The maximum absolute atomic E-state index is 5.31. The number of hydrogen-bond acceptors (Lipinski definition) is 9. The molecule has 3 fully saturated rings. The molecule has 3 aliphatic rings. The van der Waals surface area contributed by atoms with Gasteiger partial charge in [-0.2, -0.15) is 15.0 Å². The highest BCUT2D eigenvalue weighted by atomic mass is 16.6. The number of anilines is 3. The average Bonchev–Trinajstić information content (AvgIpc) is 3.39. The summed E-state index contributed by atoms with van der Waals surface area (Å²) in [6.07, 6.45) is 0.858. The van der Waals surface area contributed by atoms with Crippen molar-refractivity contribution in [2.24, 2.45) is 0 Å². The molecule has 9 heteroatoms. The van der Waals surface area contributed by atoms with E-state index >= 15 is 0 Å². The third kappa shape index (κ3) is 4.03. The van der Waals surface area contributed by atoms with Crippen LogP contribution in [0.1, 0.15) is 0 Å². The second kappa shape index (κ2) is 6.30. The fraction of sp³-hybridized carbons (Fsp3) is 0.800. The number of aromatic nitrogens is 3. The van der Waals surface area contributed by atoms with Crippen LogP contribution >= 0.6 is 0 Å². The number of rotatable bonds is 9. The summed E-state index contributed by atoms with van der Waals surface area (Å²) in [5.74, 6) is 1.99. The number of epoxide rings is 3. The van der Waals surface area contributed by atoms with Gasteiger partial charge in [0.15, 0.2) is 0 Å². The van der Waals surface area contributed by atoms with E-state index in [2.05, 4.69) is 15.0 Å². The van der Waals surface area contributed by atoms with Crippen LogP contribution in [0.4, 0.5) is 17.8 Å². The number of likely N-dealkylation sites (N-methyl/N-ethyl adjacent to an activating group) is 3. The van der Waals surface area contributed by atoms with Crippen molar-refractivity contribution in [3.05, 3.63) is 0 Å². The Labute approximate surface area is 141 Å². The van der Waals surface area contributed by atoms with Crippen molar-refractivity contribution >= 4 is 17.8 Å². The summed E-state index contributed by atoms with van der Waals surface area (Å²) < 4.78 is 15.9. The maximum atomic E-state index is 5.31. The lowest BCUT2D eigenvalue weighted by Crippen LogP contribution is -2.31. The van der Waals surface area contributed by atoms with Crippen LogP contribution in [0.5, 0.6) is 0 Å². The highest BCUT2D eigenvalue weighted by Gasteiger charge is 2.29. The first kappa shape index (κ1) is 15.8. The first-order valence-electron chi connectivity index (χ1n) is 8.33. The molecule has 1 aromatic rings. The summed E-state index contributed by atoms with van der Waals surface area (Å²) in [7, 11) is 5.95. The van der Waals surface area contributed by atoms with Crippen molar-refractivity contribution < 1.29 is 14.2 Å². The summed E-state index contributed by atoms with van der Waals surface area (Å²) >= 11 is 0. The largest absolute Gasteiger partial charge is 0.371 e. The molecule has 0 aromatic carbocycles. The highest BCUT2D eigenvalue weighted by molar-refractivity contribution is 5.46. The molecule has 24 heavy (non-hydrogen) atoms. The molecule has 4 heterocycles. The summed E-state index contributed by atoms with van der Waals surface area (Å²) in [5, 5.41) is 0. The molecule has 3 atom stereocenters. The predicted molar refractivity (Wildman–Crippen MR) is 88.9 cm³/mol. The van der Waals surface area contributed by atoms with Crippen LogP contribution in [0, 0.1) is 0 Å². The number of hydrogen-bond donors (Lipinski definition) is 0. The minimum atomic E-state index is 0.286. The van der Waals surface area contributed by atoms with Gasteiger partial charge in [0.2, 0.25) is 17.8 Å². The van der Waals surface area contributed by atoms with E-state index in [4.69, 9.17) is 14.2 Å². The smallest absolute Gasteiger partial charge is 0.231 e. The maximum Gasteiger partial charge on any atom is 0.231 e. The van der Waals surface area contributed by atoms with Gasteiger partial charge in [0.05, 0.1) is 38.1 Å². The van der Waals surface area contributed by atoms with E-state index < -0.39 is 0 Å². The van der Waals surface area contributed by atoms with Crippen LogP contribution < -0.4 is 14.7 Å². The number of nitrogens with zero attached hydrogens (tertiary/aromatic N) is 6. The Hall–Kier alpha value is -1.71. The van der Waals surface area contributed by atoms with Crippen LogP contribution in [0.15, 0.2) is 0 Å². The van der Waals surface area contributed by atoms with Gasteiger partial charge >= 0.3 is 0 Å². The van der Waals surface area contributed by atoms with E-state index in [0.717, 1.165) is 39.5 Å². The zero-order valence-corrected chi connectivity index (χ0v) is 14.4. The van der Waals surface area contributed by atoms with E-state index in [0.29, 0.717) is 17.8 Å². The molecule has 0 N–H and O–H groups in total. The van der Waals surface area contributed by atoms with Gasteiger partial charge in [-0.25, -0.2) is 0 Å². The Kier molecular flexibility index (Phi) is 4.15. The Balaban J connectivity index is 1.55. The molecule has 3 aliphatic heterocycles. The second-order valence-electron chi connectivity index (χ2n) is 6.74. The molecule has 132 valence electrons. The van der Waals surface area contributed by atoms with Crippen molar-refractivity contribution in [1.82, 2.24) is 15.0 Å². The van der Waals surface area contributed by atoms with Crippen LogP contribution in [0.3, 0.4) is 0 Å². The Morgan fingerprint density at radius 1 is 0.667 bits per heavy atom. The lowest BCUT2D eigenvalue weighted by Gasteiger charge is -2.23. The normalized spacial score (nSPS) is 26.9. The van der Waals surface area contributed by atoms with Gasteiger partial charge in [-0.05, 0) is 0 Å². The molecule has 0 spiro atoms. The SMILES string of the molecule is CN(CC1CO1)c1nc(N(C)CC2CO2)nc(N(C)CC2CO2)n1. The fourth-order valence-corrected chi connectivity index (χ4v) is 2.54. The predicted octanol–water partition coefficient (Wildman–Crippen LogP) is -0.623. The molecular formula is C15H24N6O3. The molecule has 0 amide bonds. The molecule has 0 radical (unpaired) electrons. The summed E-state index contributed by atoms with van der Waals surface area (Å²) in [5.41, 5.74) is 0. The molecule has 9 nitrogen and oxygen atoms in total. The van der Waals surface area contributed by atoms with Crippen molar-refractivity contribution in [2.75, 3.05) is 75.3 Å². The van der Waals surface area contributed by atoms with Crippen LogP contribution in [0.2, 0.25) is 0 Å². The van der Waals surface area contributed by atoms with Crippen LogP contribution in [-0.2, 0) is 14.2 Å². The van der Waals surface area contributed by atoms with Gasteiger partial charge in [-0.15, -0.1) is 0 Å². The van der Waals surface area contributed by atoms with Gasteiger partial charge in [0.25, 0.3) is 0 Å². The molecule has 0 aliphatic carbocycles. The van der Waals surface area contributed by atoms with Gasteiger partial charge in [-0.1, -0.05) is 0 Å². The van der Waals surface area contributed by atoms with Crippen LogP contribution in [0.25, 0.3) is 0 Å². The molecule has 3 saturated heterocycles. The first-order valence-corrected chi connectivity index (χ1v) is 8.33. The molecule has 3 unspecified atom stereocenters. The van der Waals surface area contributed by atoms with Crippen molar-refractivity contribution in [3.63, 3.8) is 0 Å². The lowest BCUT2D eigenvalue weighted by molar-refractivity contribution is 0.407. The highest BCUT2D eigenvalue weighted by Crippen LogP contribution is 2.22. The van der Waals surface area contributed by atoms with Crippen LogP contribution in [-0.4, -0.2) is 93.9 Å². The second-order valence-corrected chi connectivity index (χ2v) is 6.74. The monoisotopic (exact) mass is 336 g/mol. The van der Waals surface area contributed by atoms with E-state index in [1.54, 1.807) is 0 Å². The average molecular weight is 336 g/mol. The van der Waals surface area contributed by atoms with Gasteiger partial charge in [-0.3, -0.25) is 0 Å². The fourth-order valence-electron chi connectivity index (χ4n) is 2.54. The van der Waals surface area contributed by atoms with E-state index in [1.165, 1.54) is 0 Å². The minimum absolute atomic E-state index is 0.286. The lowest BCUT2D eigenvalue weighted by atomic mass is 10.4. The van der Waals surface area contributed by atoms with E-state index in [1.807, 2.05) is 35.8 Å². The van der Waals surface area contributed by atoms with Gasteiger partial charge in [0, 0.05) is 40.8 Å². The third-order valence-electron chi connectivity index (χ3n) is 4.26. The summed E-state index contributed by atoms with van der Waals surface area (Å²) in [6.45, 7) is 4.79. The van der Waals surface area contributed by atoms with E-state index in [-0.39, 0.29) is 18.3 Å². The zero-order valence-electron chi connectivity index (χ0n) is 14.4. The molecule has 4 rings (SSSR count). The zero-order chi connectivity index (χ0) is 16.7.